The summed E-state index contributed by atoms with van der Waals surface area (Å²) in [6.07, 6.45) is 4.65. The molecule has 0 fully saturated rings. The first-order valence-corrected chi connectivity index (χ1v) is 8.13. The normalized spacial score (nSPS) is 15.0. The summed E-state index contributed by atoms with van der Waals surface area (Å²) in [7, 11) is 0. The van der Waals surface area contributed by atoms with Crippen molar-refractivity contribution in [2.75, 3.05) is 5.32 Å². The first-order valence-electron chi connectivity index (χ1n) is 8.13. The van der Waals surface area contributed by atoms with Gasteiger partial charge in [-0.3, -0.25) is 25.5 Å². The standard InChI is InChI=1S/C15H15FN6O.C2H6/c1-8-2-3-12-10(8)4-11(13(18)22(12)7-17)14(23)21-15-19-5-9(16)6-20-15;1-2/h4-8,17-18H,2-3H2,1H3,(H,19,20,21,23);1-2H3. The fourth-order valence-electron chi connectivity index (χ4n) is 2.77. The Hall–Kier alpha value is -2.90. The van der Waals surface area contributed by atoms with E-state index in [9.17, 15) is 9.18 Å². The Morgan fingerprint density at radius 3 is 2.64 bits per heavy atom. The van der Waals surface area contributed by atoms with E-state index in [0.717, 1.165) is 42.8 Å². The van der Waals surface area contributed by atoms with Gasteiger partial charge in [0.15, 0.2) is 5.82 Å². The maximum Gasteiger partial charge on any atom is 0.261 e. The van der Waals surface area contributed by atoms with Crippen molar-refractivity contribution in [3.63, 3.8) is 0 Å². The molecule has 2 heterocycles. The number of carbonyl (C=O) groups excluding carboxylic acids is 1. The van der Waals surface area contributed by atoms with Crippen LogP contribution in [0.5, 0.6) is 0 Å². The van der Waals surface area contributed by atoms with E-state index >= 15 is 0 Å². The van der Waals surface area contributed by atoms with Crippen LogP contribution >= 0.6 is 0 Å². The van der Waals surface area contributed by atoms with Crippen molar-refractivity contribution in [2.24, 2.45) is 0 Å². The van der Waals surface area contributed by atoms with E-state index in [2.05, 4.69) is 22.2 Å². The molecule has 1 unspecified atom stereocenters. The Kier molecular flexibility index (Phi) is 5.74. The van der Waals surface area contributed by atoms with E-state index in [0.29, 0.717) is 0 Å². The minimum absolute atomic E-state index is 0.0363. The molecule has 132 valence electrons. The second kappa shape index (κ2) is 7.78. The largest absolute Gasteiger partial charge is 0.291 e. The van der Waals surface area contributed by atoms with Crippen molar-refractivity contribution < 1.29 is 9.18 Å². The minimum Gasteiger partial charge on any atom is -0.291 e. The predicted octanol–water partition coefficient (Wildman–Crippen LogP) is 2.68. The number of fused-ring (bicyclic) bond motifs is 1. The van der Waals surface area contributed by atoms with Crippen LogP contribution in [-0.2, 0) is 6.42 Å². The van der Waals surface area contributed by atoms with Gasteiger partial charge in [-0.15, -0.1) is 0 Å². The molecule has 0 saturated heterocycles. The third-order valence-electron chi connectivity index (χ3n) is 3.98. The number of hydrogen-bond acceptors (Lipinski definition) is 5. The molecule has 25 heavy (non-hydrogen) atoms. The van der Waals surface area contributed by atoms with Crippen LogP contribution in [0.15, 0.2) is 18.5 Å². The summed E-state index contributed by atoms with van der Waals surface area (Å²) in [6.45, 7) is 6.05. The zero-order valence-electron chi connectivity index (χ0n) is 14.4. The van der Waals surface area contributed by atoms with E-state index in [-0.39, 0.29) is 22.9 Å². The van der Waals surface area contributed by atoms with Gasteiger partial charge in [0, 0.05) is 5.69 Å². The van der Waals surface area contributed by atoms with Gasteiger partial charge < -0.3 is 0 Å². The van der Waals surface area contributed by atoms with E-state index in [1.165, 1.54) is 4.57 Å². The number of anilines is 1. The number of pyridine rings is 1. The lowest BCUT2D eigenvalue weighted by Gasteiger charge is -2.13. The van der Waals surface area contributed by atoms with E-state index in [1.54, 1.807) is 6.07 Å². The molecular weight excluding hydrogens is 323 g/mol. The average molecular weight is 344 g/mol. The van der Waals surface area contributed by atoms with Gasteiger partial charge in [0.1, 0.15) is 5.49 Å². The lowest BCUT2D eigenvalue weighted by atomic mass is 10.0. The topological polar surface area (TPSA) is 108 Å². The van der Waals surface area contributed by atoms with E-state index < -0.39 is 11.7 Å². The number of halogens is 1. The number of rotatable bonds is 3. The molecule has 7 nitrogen and oxygen atoms in total. The monoisotopic (exact) mass is 344 g/mol. The number of nitrogens with zero attached hydrogens (tertiary/aromatic N) is 3. The number of nitrogens with one attached hydrogen (secondary N) is 3. The van der Waals surface area contributed by atoms with Crippen molar-refractivity contribution >= 4 is 18.2 Å². The molecule has 1 atom stereocenters. The molecule has 8 heteroatoms. The van der Waals surface area contributed by atoms with Gasteiger partial charge in [0.2, 0.25) is 5.95 Å². The van der Waals surface area contributed by atoms with Crippen molar-refractivity contribution in [3.05, 3.63) is 46.6 Å². The minimum atomic E-state index is -0.600. The molecule has 1 amide bonds. The van der Waals surface area contributed by atoms with Crippen LogP contribution in [-0.4, -0.2) is 26.8 Å². The van der Waals surface area contributed by atoms with Crippen LogP contribution in [0.4, 0.5) is 10.3 Å². The van der Waals surface area contributed by atoms with Crippen LogP contribution < -0.4 is 10.8 Å². The van der Waals surface area contributed by atoms with Crippen LogP contribution in [0.25, 0.3) is 0 Å². The number of aromatic nitrogens is 3. The van der Waals surface area contributed by atoms with E-state index in [1.807, 2.05) is 13.8 Å². The molecule has 3 rings (SSSR count). The summed E-state index contributed by atoms with van der Waals surface area (Å²) < 4.78 is 14.2. The summed E-state index contributed by atoms with van der Waals surface area (Å²) in [5.41, 5.74) is 1.93. The summed E-state index contributed by atoms with van der Waals surface area (Å²) in [6, 6.07) is 1.69. The highest BCUT2D eigenvalue weighted by Gasteiger charge is 2.25. The highest BCUT2D eigenvalue weighted by molar-refractivity contribution is 6.03. The highest BCUT2D eigenvalue weighted by Crippen LogP contribution is 2.31. The molecule has 0 aliphatic heterocycles. The smallest absolute Gasteiger partial charge is 0.261 e. The van der Waals surface area contributed by atoms with Gasteiger partial charge in [-0.1, -0.05) is 20.8 Å². The van der Waals surface area contributed by atoms with Crippen molar-refractivity contribution in [1.29, 1.82) is 10.8 Å². The van der Waals surface area contributed by atoms with Gasteiger partial charge >= 0.3 is 0 Å². The SMILES string of the molecule is CC.CC1CCc2c1cc(C(=O)Nc1ncc(F)cn1)c(=N)n2C=N. The van der Waals surface area contributed by atoms with Gasteiger partial charge in [0.05, 0.1) is 24.3 Å². The van der Waals surface area contributed by atoms with Crippen LogP contribution in [0.3, 0.4) is 0 Å². The van der Waals surface area contributed by atoms with Crippen molar-refractivity contribution in [2.45, 2.75) is 39.5 Å². The van der Waals surface area contributed by atoms with Crippen molar-refractivity contribution in [1.82, 2.24) is 14.5 Å². The zero-order valence-corrected chi connectivity index (χ0v) is 14.4. The predicted molar refractivity (Wildman–Crippen MR) is 92.5 cm³/mol. The fraction of sp³-hybridized carbons (Fsp3) is 0.353. The lowest BCUT2D eigenvalue weighted by Crippen LogP contribution is -2.31. The molecule has 3 N–H and O–H groups in total. The Balaban J connectivity index is 0.00000109. The maximum atomic E-state index is 12.8. The quantitative estimate of drug-likeness (QED) is 0.588. The number of amides is 1. The Bertz CT molecular complexity index is 843. The zero-order chi connectivity index (χ0) is 18.6. The van der Waals surface area contributed by atoms with Crippen LogP contribution in [0.1, 0.15) is 54.7 Å². The summed E-state index contributed by atoms with van der Waals surface area (Å²) in [4.78, 5) is 19.7. The summed E-state index contributed by atoms with van der Waals surface area (Å²) >= 11 is 0. The Morgan fingerprint density at radius 2 is 2.04 bits per heavy atom. The molecule has 2 aromatic rings. The fourth-order valence-corrected chi connectivity index (χ4v) is 2.77. The molecule has 0 radical (unpaired) electrons. The van der Waals surface area contributed by atoms with Gasteiger partial charge in [-0.2, -0.15) is 0 Å². The summed E-state index contributed by atoms with van der Waals surface area (Å²) in [5, 5.41) is 18.1. The van der Waals surface area contributed by atoms with Gasteiger partial charge in [-0.05, 0) is 30.4 Å². The molecule has 0 bridgehead atoms. The highest BCUT2D eigenvalue weighted by atomic mass is 19.1. The Labute approximate surface area is 145 Å². The second-order valence-corrected chi connectivity index (χ2v) is 5.43. The van der Waals surface area contributed by atoms with E-state index in [4.69, 9.17) is 10.8 Å². The first kappa shape index (κ1) is 18.4. The van der Waals surface area contributed by atoms with Gasteiger partial charge in [0.25, 0.3) is 5.91 Å². The molecule has 0 saturated carbocycles. The molecule has 1 aliphatic rings. The molecular formula is C17H21FN6O. The second-order valence-electron chi connectivity index (χ2n) is 5.43. The summed E-state index contributed by atoms with van der Waals surface area (Å²) in [5.74, 6) is -0.924. The van der Waals surface area contributed by atoms with Crippen LogP contribution in [0.2, 0.25) is 0 Å². The average Bonchev–Trinajstić information content (AvgIpc) is 2.99. The molecule has 0 spiro atoms. The van der Waals surface area contributed by atoms with Crippen molar-refractivity contribution in [3.8, 4) is 0 Å². The number of hydrogen-bond donors (Lipinski definition) is 3. The lowest BCUT2D eigenvalue weighted by molar-refractivity contribution is 0.102. The molecule has 2 aromatic heterocycles. The molecule has 0 aromatic carbocycles. The van der Waals surface area contributed by atoms with Crippen LogP contribution in [0, 0.1) is 16.6 Å². The van der Waals surface area contributed by atoms with Gasteiger partial charge in [-0.25, -0.2) is 14.4 Å². The maximum absolute atomic E-state index is 12.8. The number of carbonyl (C=O) groups is 1. The third-order valence-corrected chi connectivity index (χ3v) is 3.98. The Morgan fingerprint density at radius 1 is 1.40 bits per heavy atom. The third kappa shape index (κ3) is 3.62. The molecule has 1 aliphatic carbocycles. The first-order chi connectivity index (χ1) is 12.0.